The van der Waals surface area contributed by atoms with Crippen LogP contribution in [-0.2, 0) is 5.75 Å². The van der Waals surface area contributed by atoms with Gasteiger partial charge in [-0.05, 0) is 11.7 Å². The van der Waals surface area contributed by atoms with Crippen molar-refractivity contribution in [1.82, 2.24) is 4.98 Å². The van der Waals surface area contributed by atoms with E-state index in [1.807, 2.05) is 11.8 Å². The van der Waals surface area contributed by atoms with Crippen molar-refractivity contribution in [2.24, 2.45) is 5.73 Å². The minimum atomic E-state index is 0.129. The van der Waals surface area contributed by atoms with Gasteiger partial charge in [0.2, 0.25) is 0 Å². The minimum Gasteiger partial charge on any atom is -0.323 e. The maximum absolute atomic E-state index is 6.01. The van der Waals surface area contributed by atoms with Crippen LogP contribution in [0.3, 0.4) is 0 Å². The summed E-state index contributed by atoms with van der Waals surface area (Å²) in [5.41, 5.74) is 7.08. The molecule has 2 nitrogen and oxygen atoms in total. The lowest BCUT2D eigenvalue weighted by Crippen LogP contribution is -2.10. The van der Waals surface area contributed by atoms with Gasteiger partial charge in [0, 0.05) is 17.2 Å². The molecule has 0 aliphatic heterocycles. The third kappa shape index (κ3) is 4.53. The Labute approximate surface area is 101 Å². The van der Waals surface area contributed by atoms with E-state index < -0.39 is 0 Å². The van der Waals surface area contributed by atoms with Crippen molar-refractivity contribution in [2.45, 2.75) is 50.7 Å². The van der Waals surface area contributed by atoms with Crippen molar-refractivity contribution in [1.29, 1.82) is 0 Å². The molecule has 1 aromatic rings. The fourth-order valence-electron chi connectivity index (χ4n) is 1.26. The van der Waals surface area contributed by atoms with Gasteiger partial charge in [0.25, 0.3) is 0 Å². The molecule has 0 aromatic carbocycles. The molecular formula is C11H20N2S2. The molecule has 0 amide bonds. The van der Waals surface area contributed by atoms with Gasteiger partial charge in [-0.15, -0.1) is 11.3 Å². The lowest BCUT2D eigenvalue weighted by Gasteiger charge is -2.05. The van der Waals surface area contributed by atoms with Crippen molar-refractivity contribution < 1.29 is 0 Å². The second-order valence-corrected chi connectivity index (χ2v) is 6.43. The van der Waals surface area contributed by atoms with Gasteiger partial charge in [0.05, 0.1) is 5.69 Å². The number of aromatic nitrogens is 1. The largest absolute Gasteiger partial charge is 0.323 e. The number of hydrogen-bond donors (Lipinski definition) is 1. The highest BCUT2D eigenvalue weighted by Gasteiger charge is 2.09. The third-order valence-electron chi connectivity index (χ3n) is 2.09. The molecule has 1 unspecified atom stereocenters. The van der Waals surface area contributed by atoms with E-state index in [1.54, 1.807) is 11.3 Å². The summed E-state index contributed by atoms with van der Waals surface area (Å²) < 4.78 is 0. The van der Waals surface area contributed by atoms with Crippen molar-refractivity contribution >= 4 is 23.1 Å². The Morgan fingerprint density at radius 2 is 2.27 bits per heavy atom. The summed E-state index contributed by atoms with van der Waals surface area (Å²) in [6.07, 6.45) is 2.15. The summed E-state index contributed by atoms with van der Waals surface area (Å²) >= 11 is 3.66. The van der Waals surface area contributed by atoms with Gasteiger partial charge in [0.1, 0.15) is 5.01 Å². The van der Waals surface area contributed by atoms with Crippen molar-refractivity contribution in [3.05, 3.63) is 16.1 Å². The molecule has 0 saturated carbocycles. The normalized spacial score (nSPS) is 13.4. The number of thioether (sulfide) groups is 1. The monoisotopic (exact) mass is 244 g/mol. The number of nitrogens with two attached hydrogens (primary N) is 1. The van der Waals surface area contributed by atoms with Gasteiger partial charge in [-0.3, -0.25) is 0 Å². The van der Waals surface area contributed by atoms with Gasteiger partial charge < -0.3 is 5.73 Å². The van der Waals surface area contributed by atoms with Crippen LogP contribution in [0.2, 0.25) is 0 Å². The molecule has 0 fully saturated rings. The Bertz CT molecular complexity index is 284. The molecule has 86 valence electrons. The zero-order chi connectivity index (χ0) is 11.3. The smallest absolute Gasteiger partial charge is 0.103 e. The average molecular weight is 244 g/mol. The van der Waals surface area contributed by atoms with Crippen LogP contribution in [0, 0.1) is 0 Å². The highest BCUT2D eigenvalue weighted by atomic mass is 32.2. The zero-order valence-electron chi connectivity index (χ0n) is 9.69. The van der Waals surface area contributed by atoms with Gasteiger partial charge in [-0.1, -0.05) is 27.2 Å². The van der Waals surface area contributed by atoms with Gasteiger partial charge in [0.15, 0.2) is 0 Å². The first-order valence-electron chi connectivity index (χ1n) is 5.45. The van der Waals surface area contributed by atoms with Crippen LogP contribution in [0.4, 0.5) is 0 Å². The first kappa shape index (κ1) is 13.0. The van der Waals surface area contributed by atoms with Crippen LogP contribution in [0.15, 0.2) is 5.38 Å². The number of nitrogens with zero attached hydrogens (tertiary/aromatic N) is 1. The Morgan fingerprint density at radius 1 is 1.53 bits per heavy atom. The molecule has 15 heavy (non-hydrogen) atoms. The number of hydrogen-bond acceptors (Lipinski definition) is 4. The standard InChI is InChI=1S/C11H20N2S2/c1-4-5-9(12)10-6-15-11(13-10)7-14-8(2)3/h6,8-9H,4-5,7,12H2,1-3H3. The van der Waals surface area contributed by atoms with E-state index in [2.05, 4.69) is 31.1 Å². The van der Waals surface area contributed by atoms with Crippen LogP contribution in [0.5, 0.6) is 0 Å². The molecule has 1 heterocycles. The van der Waals surface area contributed by atoms with Crippen molar-refractivity contribution in [2.75, 3.05) is 0 Å². The van der Waals surface area contributed by atoms with Gasteiger partial charge in [-0.25, -0.2) is 4.98 Å². The SMILES string of the molecule is CCCC(N)c1csc(CSC(C)C)n1. The third-order valence-corrected chi connectivity index (χ3v) is 4.25. The Balaban J connectivity index is 2.48. The van der Waals surface area contributed by atoms with Crippen LogP contribution in [0.1, 0.15) is 50.4 Å². The maximum Gasteiger partial charge on any atom is 0.103 e. The first-order chi connectivity index (χ1) is 7.13. The van der Waals surface area contributed by atoms with Crippen molar-refractivity contribution in [3.63, 3.8) is 0 Å². The molecule has 4 heteroatoms. The maximum atomic E-state index is 6.01. The van der Waals surface area contributed by atoms with E-state index in [0.29, 0.717) is 5.25 Å². The number of rotatable bonds is 6. The van der Waals surface area contributed by atoms with Crippen molar-refractivity contribution in [3.8, 4) is 0 Å². The second kappa shape index (κ2) is 6.51. The summed E-state index contributed by atoms with van der Waals surface area (Å²) in [5.74, 6) is 1.02. The fourth-order valence-corrected chi connectivity index (χ4v) is 2.92. The lowest BCUT2D eigenvalue weighted by atomic mass is 10.1. The van der Waals surface area contributed by atoms with Crippen LogP contribution in [-0.4, -0.2) is 10.2 Å². The van der Waals surface area contributed by atoms with E-state index in [9.17, 15) is 0 Å². The van der Waals surface area contributed by atoms with Gasteiger partial charge in [-0.2, -0.15) is 11.8 Å². The van der Waals surface area contributed by atoms with Gasteiger partial charge >= 0.3 is 0 Å². The van der Waals surface area contributed by atoms with Crippen LogP contribution < -0.4 is 5.73 Å². The Hall–Kier alpha value is -0.0600. The first-order valence-corrected chi connectivity index (χ1v) is 7.37. The molecule has 1 rings (SSSR count). The molecule has 1 atom stereocenters. The molecule has 2 N–H and O–H groups in total. The highest BCUT2D eigenvalue weighted by molar-refractivity contribution is 7.99. The molecule has 0 aliphatic rings. The van der Waals surface area contributed by atoms with E-state index in [4.69, 9.17) is 5.73 Å². The minimum absolute atomic E-state index is 0.129. The highest BCUT2D eigenvalue weighted by Crippen LogP contribution is 2.23. The Kier molecular flexibility index (Phi) is 5.64. The summed E-state index contributed by atoms with van der Waals surface area (Å²) in [6.45, 7) is 6.58. The quantitative estimate of drug-likeness (QED) is 0.831. The topological polar surface area (TPSA) is 38.9 Å². The summed E-state index contributed by atoms with van der Waals surface area (Å²) in [4.78, 5) is 4.57. The van der Waals surface area contributed by atoms with Crippen LogP contribution in [0.25, 0.3) is 0 Å². The zero-order valence-corrected chi connectivity index (χ0v) is 11.3. The predicted molar refractivity (Wildman–Crippen MR) is 70.4 cm³/mol. The van der Waals surface area contributed by atoms with Crippen LogP contribution >= 0.6 is 23.1 Å². The molecule has 0 aliphatic carbocycles. The van der Waals surface area contributed by atoms with E-state index >= 15 is 0 Å². The molecule has 0 radical (unpaired) electrons. The summed E-state index contributed by atoms with van der Waals surface area (Å²) in [5, 5.41) is 3.98. The molecule has 1 aromatic heterocycles. The lowest BCUT2D eigenvalue weighted by molar-refractivity contribution is 0.624. The van der Waals surface area contributed by atoms with E-state index in [1.165, 1.54) is 5.01 Å². The summed E-state index contributed by atoms with van der Waals surface area (Å²) in [6, 6.07) is 0.129. The molecular weight excluding hydrogens is 224 g/mol. The van der Waals surface area contributed by atoms with E-state index in [0.717, 1.165) is 24.3 Å². The fraction of sp³-hybridized carbons (Fsp3) is 0.727. The van der Waals surface area contributed by atoms with E-state index in [-0.39, 0.29) is 6.04 Å². The molecule has 0 spiro atoms. The predicted octanol–water partition coefficient (Wildman–Crippen LogP) is 3.58. The average Bonchev–Trinajstić information content (AvgIpc) is 2.63. The summed E-state index contributed by atoms with van der Waals surface area (Å²) in [7, 11) is 0. The number of thiazole rings is 1. The Morgan fingerprint density at radius 3 is 2.87 bits per heavy atom. The molecule has 0 bridgehead atoms. The molecule has 0 saturated heterocycles. The second-order valence-electron chi connectivity index (χ2n) is 3.92.